The van der Waals surface area contributed by atoms with E-state index in [0.717, 1.165) is 0 Å². The number of carbonyl (C=O) groups is 1. The monoisotopic (exact) mass is 208 g/mol. The lowest BCUT2D eigenvalue weighted by molar-refractivity contribution is 0.0520. The van der Waals surface area contributed by atoms with E-state index in [2.05, 4.69) is 14.7 Å². The number of hydrogen-bond acceptors (Lipinski definition) is 3. The van der Waals surface area contributed by atoms with Crippen molar-refractivity contribution in [2.75, 3.05) is 6.61 Å². The summed E-state index contributed by atoms with van der Waals surface area (Å²) in [6.07, 6.45) is 0. The van der Waals surface area contributed by atoms with Crippen LogP contribution >= 0.6 is 23.2 Å². The number of aromatic nitrogens is 2. The van der Waals surface area contributed by atoms with Gasteiger partial charge in [0, 0.05) is 0 Å². The molecule has 6 heteroatoms. The van der Waals surface area contributed by atoms with E-state index in [4.69, 9.17) is 23.2 Å². The van der Waals surface area contributed by atoms with Crippen LogP contribution in [0.1, 0.15) is 17.4 Å². The predicted molar refractivity (Wildman–Crippen MR) is 44.6 cm³/mol. The zero-order chi connectivity index (χ0) is 9.14. The fraction of sp³-hybridized carbons (Fsp3) is 0.333. The van der Waals surface area contributed by atoms with Crippen LogP contribution in [0.15, 0.2) is 0 Å². The first-order valence-corrected chi connectivity index (χ1v) is 3.99. The van der Waals surface area contributed by atoms with Crippen LogP contribution < -0.4 is 0 Å². The third-order valence-electron chi connectivity index (χ3n) is 1.10. The van der Waals surface area contributed by atoms with Crippen LogP contribution in [0.3, 0.4) is 0 Å². The maximum atomic E-state index is 11.0. The molecule has 0 radical (unpaired) electrons. The minimum absolute atomic E-state index is 0.0171. The predicted octanol–water partition coefficient (Wildman–Crippen LogP) is 1.89. The van der Waals surface area contributed by atoms with E-state index in [1.165, 1.54) is 0 Å². The maximum absolute atomic E-state index is 11.0. The molecule has 1 N–H and O–H groups in total. The number of nitrogens with one attached hydrogen (secondary N) is 1. The number of imidazole rings is 1. The van der Waals surface area contributed by atoms with Crippen LogP contribution in [0.4, 0.5) is 0 Å². The van der Waals surface area contributed by atoms with Crippen molar-refractivity contribution in [1.29, 1.82) is 0 Å². The van der Waals surface area contributed by atoms with E-state index in [0.29, 0.717) is 0 Å². The lowest BCUT2D eigenvalue weighted by Gasteiger charge is -1.96. The molecule has 0 unspecified atom stereocenters. The second kappa shape index (κ2) is 3.78. The minimum atomic E-state index is -0.578. The van der Waals surface area contributed by atoms with Crippen molar-refractivity contribution in [1.82, 2.24) is 9.97 Å². The number of hydrogen-bond donors (Lipinski definition) is 1. The number of nitrogens with zero attached hydrogens (tertiary/aromatic N) is 1. The fourth-order valence-corrected chi connectivity index (χ4v) is 1.10. The lowest BCUT2D eigenvalue weighted by atomic mass is 10.5. The standard InChI is InChI=1S/C6H6Cl2N2O2/c1-2-12-5(11)3-4(7)10-6(8)9-3/h2H2,1H3,(H,9,10). The first-order valence-electron chi connectivity index (χ1n) is 3.23. The quantitative estimate of drug-likeness (QED) is 0.756. The van der Waals surface area contributed by atoms with E-state index in [-0.39, 0.29) is 22.7 Å². The molecule has 0 aliphatic rings. The molecule has 0 amide bonds. The van der Waals surface area contributed by atoms with Crippen LogP contribution in [0.5, 0.6) is 0 Å². The van der Waals surface area contributed by atoms with Crippen LogP contribution in [0.2, 0.25) is 10.4 Å². The number of aromatic amines is 1. The highest BCUT2D eigenvalue weighted by atomic mass is 35.5. The number of rotatable bonds is 2. The van der Waals surface area contributed by atoms with Gasteiger partial charge in [-0.15, -0.1) is 0 Å². The van der Waals surface area contributed by atoms with Gasteiger partial charge in [0.2, 0.25) is 5.28 Å². The van der Waals surface area contributed by atoms with Crippen molar-refractivity contribution < 1.29 is 9.53 Å². The third-order valence-corrected chi connectivity index (χ3v) is 1.55. The molecule has 1 rings (SSSR count). The molecule has 0 aliphatic carbocycles. The number of esters is 1. The molecule has 1 aromatic rings. The summed E-state index contributed by atoms with van der Waals surface area (Å²) < 4.78 is 4.66. The Morgan fingerprint density at radius 2 is 2.33 bits per heavy atom. The minimum Gasteiger partial charge on any atom is -0.461 e. The highest BCUT2D eigenvalue weighted by Crippen LogP contribution is 2.16. The molecule has 0 saturated carbocycles. The highest BCUT2D eigenvalue weighted by molar-refractivity contribution is 6.34. The Morgan fingerprint density at radius 1 is 1.67 bits per heavy atom. The van der Waals surface area contributed by atoms with Crippen molar-refractivity contribution in [2.45, 2.75) is 6.92 Å². The molecule has 0 spiro atoms. The van der Waals surface area contributed by atoms with Gasteiger partial charge in [-0.05, 0) is 18.5 Å². The van der Waals surface area contributed by atoms with Gasteiger partial charge in [-0.1, -0.05) is 11.6 Å². The van der Waals surface area contributed by atoms with E-state index in [9.17, 15) is 4.79 Å². The van der Waals surface area contributed by atoms with Gasteiger partial charge in [-0.2, -0.15) is 0 Å². The van der Waals surface area contributed by atoms with Crippen LogP contribution in [-0.4, -0.2) is 22.5 Å². The van der Waals surface area contributed by atoms with Gasteiger partial charge >= 0.3 is 5.97 Å². The molecule has 0 bridgehead atoms. The highest BCUT2D eigenvalue weighted by Gasteiger charge is 2.16. The first-order chi connectivity index (χ1) is 5.65. The lowest BCUT2D eigenvalue weighted by Crippen LogP contribution is -2.05. The van der Waals surface area contributed by atoms with Gasteiger partial charge < -0.3 is 9.72 Å². The zero-order valence-electron chi connectivity index (χ0n) is 6.23. The van der Waals surface area contributed by atoms with Gasteiger partial charge in [0.1, 0.15) is 5.15 Å². The number of H-pyrrole nitrogens is 1. The molecule has 12 heavy (non-hydrogen) atoms. The Morgan fingerprint density at radius 3 is 2.75 bits per heavy atom. The van der Waals surface area contributed by atoms with E-state index >= 15 is 0 Å². The van der Waals surface area contributed by atoms with Crippen molar-refractivity contribution >= 4 is 29.2 Å². The molecular weight excluding hydrogens is 203 g/mol. The van der Waals surface area contributed by atoms with Crippen LogP contribution in [0, 0.1) is 0 Å². The normalized spacial score (nSPS) is 9.92. The van der Waals surface area contributed by atoms with Crippen molar-refractivity contribution in [2.24, 2.45) is 0 Å². The van der Waals surface area contributed by atoms with Gasteiger partial charge in [-0.3, -0.25) is 0 Å². The Kier molecular flexibility index (Phi) is 2.94. The molecule has 4 nitrogen and oxygen atoms in total. The number of halogens is 2. The second-order valence-electron chi connectivity index (χ2n) is 1.91. The SMILES string of the molecule is CCOC(=O)c1nc(Cl)[nH]c1Cl. The molecule has 0 saturated heterocycles. The zero-order valence-corrected chi connectivity index (χ0v) is 7.74. The average Bonchev–Trinajstić information content (AvgIpc) is 2.30. The summed E-state index contributed by atoms with van der Waals surface area (Å²) in [7, 11) is 0. The summed E-state index contributed by atoms with van der Waals surface area (Å²) in [6.45, 7) is 1.97. The van der Waals surface area contributed by atoms with Gasteiger partial charge in [0.05, 0.1) is 6.61 Å². The van der Waals surface area contributed by atoms with E-state index in [1.54, 1.807) is 6.92 Å². The summed E-state index contributed by atoms with van der Waals surface area (Å²) in [4.78, 5) is 17.1. The van der Waals surface area contributed by atoms with Crippen molar-refractivity contribution in [3.05, 3.63) is 16.1 Å². The summed E-state index contributed by atoms with van der Waals surface area (Å²) in [5.41, 5.74) is 0.0171. The average molecular weight is 209 g/mol. The summed E-state index contributed by atoms with van der Waals surface area (Å²) >= 11 is 11.0. The largest absolute Gasteiger partial charge is 0.461 e. The molecule has 0 aromatic carbocycles. The number of ether oxygens (including phenoxy) is 1. The van der Waals surface area contributed by atoms with Crippen molar-refractivity contribution in [3.63, 3.8) is 0 Å². The maximum Gasteiger partial charge on any atom is 0.360 e. The van der Waals surface area contributed by atoms with E-state index < -0.39 is 5.97 Å². The molecule has 1 aromatic heterocycles. The molecule has 0 atom stereocenters. The summed E-state index contributed by atoms with van der Waals surface area (Å²) in [5.74, 6) is -0.578. The topological polar surface area (TPSA) is 55.0 Å². The smallest absolute Gasteiger partial charge is 0.360 e. The molecule has 0 fully saturated rings. The molecule has 1 heterocycles. The molecule has 66 valence electrons. The van der Waals surface area contributed by atoms with Gasteiger partial charge in [0.25, 0.3) is 0 Å². The Bertz CT molecular complexity index is 298. The Hall–Kier alpha value is -0.740. The van der Waals surface area contributed by atoms with Crippen LogP contribution in [0.25, 0.3) is 0 Å². The summed E-state index contributed by atoms with van der Waals surface area (Å²) in [5, 5.41) is 0.168. The van der Waals surface area contributed by atoms with Crippen molar-refractivity contribution in [3.8, 4) is 0 Å². The summed E-state index contributed by atoms with van der Waals surface area (Å²) in [6, 6.07) is 0. The molecular formula is C6H6Cl2N2O2. The first kappa shape index (κ1) is 9.35. The van der Waals surface area contributed by atoms with Gasteiger partial charge in [-0.25, -0.2) is 9.78 Å². The van der Waals surface area contributed by atoms with E-state index in [1.807, 2.05) is 0 Å². The second-order valence-corrected chi connectivity index (χ2v) is 2.65. The Balaban J connectivity index is 2.87. The van der Waals surface area contributed by atoms with Crippen LogP contribution in [-0.2, 0) is 4.74 Å². The fourth-order valence-electron chi connectivity index (χ4n) is 0.660. The number of carbonyl (C=O) groups excluding carboxylic acids is 1. The Labute approximate surface area is 78.8 Å². The van der Waals surface area contributed by atoms with Gasteiger partial charge in [0.15, 0.2) is 5.69 Å². The molecule has 0 aliphatic heterocycles. The third kappa shape index (κ3) is 1.89.